The van der Waals surface area contributed by atoms with Gasteiger partial charge in [0, 0.05) is 49.4 Å². The Labute approximate surface area is 215 Å². The van der Waals surface area contributed by atoms with E-state index in [-0.39, 0.29) is 17.3 Å². The number of phenolic OH excluding ortho intramolecular Hbond substituents is 1. The quantitative estimate of drug-likeness (QED) is 0.374. The van der Waals surface area contributed by atoms with Crippen LogP contribution >= 0.6 is 0 Å². The monoisotopic (exact) mass is 500 g/mol. The summed E-state index contributed by atoms with van der Waals surface area (Å²) in [7, 11) is 4.05. The van der Waals surface area contributed by atoms with Crippen molar-refractivity contribution in [2.45, 2.75) is 31.3 Å². The molecule has 2 bridgehead atoms. The molecule has 2 fully saturated rings. The number of aromatic nitrogens is 3. The van der Waals surface area contributed by atoms with Gasteiger partial charge in [0.25, 0.3) is 5.56 Å². The molecule has 2 N–H and O–H groups in total. The molecule has 0 saturated carbocycles. The molecular weight excluding hydrogens is 468 g/mol. The van der Waals surface area contributed by atoms with Crippen LogP contribution in [0.5, 0.6) is 11.8 Å². The van der Waals surface area contributed by atoms with Gasteiger partial charge < -0.3 is 25.0 Å². The molecule has 4 aromatic rings. The number of hydrogen-bond donors (Lipinski definition) is 2. The van der Waals surface area contributed by atoms with Crippen molar-refractivity contribution < 1.29 is 9.84 Å². The lowest BCUT2D eigenvalue weighted by Crippen LogP contribution is -2.51. The first-order chi connectivity index (χ1) is 18.0. The normalized spacial score (nSPS) is 19.3. The number of nitrogens with one attached hydrogen (secondary N) is 1. The highest BCUT2D eigenvalue weighted by atomic mass is 16.5. The number of benzene rings is 2. The second-order valence-corrected chi connectivity index (χ2v) is 10.3. The van der Waals surface area contributed by atoms with Crippen LogP contribution in [-0.4, -0.2) is 77.0 Å². The molecule has 0 unspecified atom stereocenters. The van der Waals surface area contributed by atoms with Crippen molar-refractivity contribution in [3.05, 3.63) is 59.0 Å². The van der Waals surface area contributed by atoms with Gasteiger partial charge in [-0.1, -0.05) is 24.3 Å². The van der Waals surface area contributed by atoms with Gasteiger partial charge in [-0.2, -0.15) is 9.97 Å². The van der Waals surface area contributed by atoms with Crippen LogP contribution in [0.1, 0.15) is 19.3 Å². The van der Waals surface area contributed by atoms with Gasteiger partial charge in [-0.25, -0.2) is 0 Å². The van der Waals surface area contributed by atoms with Crippen LogP contribution in [0.15, 0.2) is 53.5 Å². The summed E-state index contributed by atoms with van der Waals surface area (Å²) in [6.07, 6.45) is 4.88. The van der Waals surface area contributed by atoms with Crippen molar-refractivity contribution in [3.8, 4) is 17.4 Å². The second kappa shape index (κ2) is 9.64. The Kier molecular flexibility index (Phi) is 6.18. The third-order valence-electron chi connectivity index (χ3n) is 7.30. The predicted octanol–water partition coefficient (Wildman–Crippen LogP) is 2.91. The van der Waals surface area contributed by atoms with E-state index in [1.807, 2.05) is 44.4 Å². The van der Waals surface area contributed by atoms with E-state index >= 15 is 0 Å². The minimum Gasteiger partial charge on any atom is -0.508 e. The summed E-state index contributed by atoms with van der Waals surface area (Å²) in [4.78, 5) is 27.7. The molecule has 0 radical (unpaired) electrons. The number of pyridine rings is 1. The van der Waals surface area contributed by atoms with Crippen molar-refractivity contribution in [2.24, 2.45) is 0 Å². The molecule has 2 aliphatic heterocycles. The van der Waals surface area contributed by atoms with Crippen LogP contribution in [0, 0.1) is 0 Å². The highest BCUT2D eigenvalue weighted by Gasteiger charge is 2.34. The molecule has 9 nitrogen and oxygen atoms in total. The van der Waals surface area contributed by atoms with Crippen molar-refractivity contribution in [2.75, 3.05) is 45.2 Å². The SMILES string of the molecule is CN(C)CCCOc1nc(N2C[C@H]3CC[C@@H](C2)N3)c2ccn(-c3cc(O)cc4ccccc34)c(=O)c2n1. The van der Waals surface area contributed by atoms with Gasteiger partial charge in [0.2, 0.25) is 0 Å². The zero-order chi connectivity index (χ0) is 25.5. The molecule has 2 aromatic heterocycles. The summed E-state index contributed by atoms with van der Waals surface area (Å²) in [5, 5.41) is 16.5. The molecule has 0 spiro atoms. The minimum atomic E-state index is -0.270. The van der Waals surface area contributed by atoms with Crippen molar-refractivity contribution in [1.82, 2.24) is 24.8 Å². The predicted molar refractivity (Wildman–Crippen MR) is 145 cm³/mol. The van der Waals surface area contributed by atoms with Gasteiger partial charge in [0.1, 0.15) is 17.1 Å². The maximum absolute atomic E-state index is 13.9. The summed E-state index contributed by atoms with van der Waals surface area (Å²) in [6, 6.07) is 14.0. The van der Waals surface area contributed by atoms with Gasteiger partial charge in [0.15, 0.2) is 0 Å². The third kappa shape index (κ3) is 4.60. The molecule has 9 heteroatoms. The summed E-state index contributed by atoms with van der Waals surface area (Å²) in [6.45, 7) is 3.03. The third-order valence-corrected chi connectivity index (χ3v) is 7.30. The number of aromatic hydroxyl groups is 1. The molecule has 0 aliphatic carbocycles. The van der Waals surface area contributed by atoms with E-state index in [4.69, 9.17) is 9.72 Å². The van der Waals surface area contributed by atoms with E-state index in [1.54, 1.807) is 22.9 Å². The van der Waals surface area contributed by atoms with E-state index in [1.165, 1.54) is 0 Å². The lowest BCUT2D eigenvalue weighted by molar-refractivity contribution is 0.264. The summed E-state index contributed by atoms with van der Waals surface area (Å²) < 4.78 is 7.53. The maximum Gasteiger partial charge on any atom is 0.319 e. The Bertz CT molecular complexity index is 1510. The Morgan fingerprint density at radius 2 is 1.86 bits per heavy atom. The lowest BCUT2D eigenvalue weighted by atomic mass is 10.1. The standard InChI is InChI=1S/C28H32N6O3/c1-32(2)11-5-13-37-28-30-25-23(26(31-28)33-16-19-8-9-20(17-33)29-19)10-12-34(27(25)36)24-15-21(35)14-18-6-3-4-7-22(18)24/h3-4,6-7,10,12,14-15,19-20,29,35H,5,8-9,11,13,16-17H2,1-2H3/t19-,20+. The summed E-state index contributed by atoms with van der Waals surface area (Å²) in [5.74, 6) is 0.848. The van der Waals surface area contributed by atoms with Crippen molar-refractivity contribution in [3.63, 3.8) is 0 Å². The smallest absolute Gasteiger partial charge is 0.319 e. The van der Waals surface area contributed by atoms with Gasteiger partial charge in [-0.05, 0) is 50.9 Å². The van der Waals surface area contributed by atoms with Gasteiger partial charge >= 0.3 is 6.01 Å². The lowest BCUT2D eigenvalue weighted by Gasteiger charge is -2.34. The van der Waals surface area contributed by atoms with Gasteiger partial charge in [-0.15, -0.1) is 0 Å². The fourth-order valence-corrected chi connectivity index (χ4v) is 5.57. The second-order valence-electron chi connectivity index (χ2n) is 10.3. The Balaban J connectivity index is 1.47. The maximum atomic E-state index is 13.9. The van der Waals surface area contributed by atoms with E-state index < -0.39 is 0 Å². The van der Waals surface area contributed by atoms with Gasteiger partial charge in [0.05, 0.1) is 17.7 Å². The van der Waals surface area contributed by atoms with E-state index in [0.29, 0.717) is 35.3 Å². The molecule has 192 valence electrons. The average molecular weight is 501 g/mol. The summed E-state index contributed by atoms with van der Waals surface area (Å²) >= 11 is 0. The average Bonchev–Trinajstić information content (AvgIpc) is 3.23. The highest BCUT2D eigenvalue weighted by molar-refractivity contribution is 5.93. The zero-order valence-electron chi connectivity index (χ0n) is 21.2. The van der Waals surface area contributed by atoms with Crippen LogP contribution in [0.25, 0.3) is 27.4 Å². The van der Waals surface area contributed by atoms with Crippen LogP contribution in [0.3, 0.4) is 0 Å². The van der Waals surface area contributed by atoms with Gasteiger partial charge in [-0.3, -0.25) is 9.36 Å². The molecule has 2 aliphatic rings. The number of rotatable bonds is 7. The van der Waals surface area contributed by atoms with Crippen molar-refractivity contribution >= 4 is 27.5 Å². The molecule has 2 aromatic carbocycles. The molecule has 2 saturated heterocycles. The topological polar surface area (TPSA) is 95.8 Å². The molecule has 0 amide bonds. The van der Waals surface area contributed by atoms with Crippen molar-refractivity contribution in [1.29, 1.82) is 0 Å². The first-order valence-corrected chi connectivity index (χ1v) is 12.9. The number of piperazine rings is 1. The first kappa shape index (κ1) is 23.7. The summed E-state index contributed by atoms with van der Waals surface area (Å²) in [5.41, 5.74) is 0.651. The molecule has 37 heavy (non-hydrogen) atoms. The first-order valence-electron chi connectivity index (χ1n) is 12.9. The van der Waals surface area contributed by atoms with Crippen LogP contribution in [0.4, 0.5) is 5.82 Å². The fraction of sp³-hybridized carbons (Fsp3) is 0.393. The number of phenols is 1. The van der Waals surface area contributed by atoms with E-state index in [9.17, 15) is 9.90 Å². The minimum absolute atomic E-state index is 0.102. The zero-order valence-corrected chi connectivity index (χ0v) is 21.2. The number of nitrogens with zero attached hydrogens (tertiary/aromatic N) is 5. The number of anilines is 1. The largest absolute Gasteiger partial charge is 0.508 e. The van der Waals surface area contributed by atoms with Crippen LogP contribution in [0.2, 0.25) is 0 Å². The number of fused-ring (bicyclic) bond motifs is 4. The van der Waals surface area contributed by atoms with E-state index in [0.717, 1.165) is 55.5 Å². The molecular formula is C28H32N6O3. The number of ether oxygens (including phenoxy) is 1. The Morgan fingerprint density at radius 3 is 2.65 bits per heavy atom. The highest BCUT2D eigenvalue weighted by Crippen LogP contribution is 2.31. The Morgan fingerprint density at radius 1 is 1.08 bits per heavy atom. The van der Waals surface area contributed by atoms with Crippen LogP contribution in [-0.2, 0) is 0 Å². The molecule has 2 atom stereocenters. The van der Waals surface area contributed by atoms with Crippen LogP contribution < -0.4 is 20.5 Å². The van der Waals surface area contributed by atoms with E-state index in [2.05, 4.69) is 20.1 Å². The molecule has 4 heterocycles. The fourth-order valence-electron chi connectivity index (χ4n) is 5.57. The Hall–Kier alpha value is -3.69. The molecule has 6 rings (SSSR count). The number of hydrogen-bond acceptors (Lipinski definition) is 8.